The Labute approximate surface area is 110 Å². The number of nitrogens with zero attached hydrogens (tertiary/aromatic N) is 1. The fourth-order valence-electron chi connectivity index (χ4n) is 2.14. The fraction of sp³-hybridized carbons (Fsp3) is 0.286. The Hall–Kier alpha value is -1.61. The molecule has 2 rings (SSSR count). The quantitative estimate of drug-likeness (QED) is 0.917. The van der Waals surface area contributed by atoms with Crippen LogP contribution in [0.4, 0.5) is 0 Å². The van der Waals surface area contributed by atoms with Crippen molar-refractivity contribution < 1.29 is 9.90 Å². The average molecular weight is 264 g/mol. The highest BCUT2D eigenvalue weighted by Gasteiger charge is 2.14. The van der Waals surface area contributed by atoms with Crippen LogP contribution in [-0.2, 0) is 4.79 Å². The number of aromatic nitrogens is 1. The summed E-state index contributed by atoms with van der Waals surface area (Å²) in [4.78, 5) is 15.3. The first-order valence-electron chi connectivity index (χ1n) is 5.76. The van der Waals surface area contributed by atoms with E-state index in [1.807, 2.05) is 32.0 Å². The van der Waals surface area contributed by atoms with Gasteiger partial charge in [-0.15, -0.1) is 0 Å². The van der Waals surface area contributed by atoms with Gasteiger partial charge in [0, 0.05) is 16.1 Å². The van der Waals surface area contributed by atoms with Gasteiger partial charge in [0.05, 0.1) is 11.9 Å². The van der Waals surface area contributed by atoms with Crippen molar-refractivity contribution in [3.63, 3.8) is 0 Å². The van der Waals surface area contributed by atoms with Gasteiger partial charge in [0.25, 0.3) is 0 Å². The van der Waals surface area contributed by atoms with Gasteiger partial charge in [0.2, 0.25) is 0 Å². The second-order valence-electron chi connectivity index (χ2n) is 4.51. The van der Waals surface area contributed by atoms with Crippen molar-refractivity contribution >= 4 is 28.5 Å². The molecule has 2 aromatic rings. The molecule has 94 valence electrons. The molecule has 0 aliphatic carbocycles. The Morgan fingerprint density at radius 3 is 2.83 bits per heavy atom. The summed E-state index contributed by atoms with van der Waals surface area (Å²) in [5.41, 5.74) is 2.73. The van der Waals surface area contributed by atoms with Crippen LogP contribution in [0.5, 0.6) is 0 Å². The van der Waals surface area contributed by atoms with Crippen LogP contribution in [0, 0.1) is 6.92 Å². The SMILES string of the molecule is Cc1cc(C(C)CC(=O)O)c2cc(Cl)ccc2n1. The largest absolute Gasteiger partial charge is 0.481 e. The number of pyridine rings is 1. The predicted molar refractivity (Wildman–Crippen MR) is 72.2 cm³/mol. The molecule has 1 atom stereocenters. The van der Waals surface area contributed by atoms with Crippen molar-refractivity contribution in [3.8, 4) is 0 Å². The van der Waals surface area contributed by atoms with Crippen LogP contribution in [0.1, 0.15) is 30.5 Å². The van der Waals surface area contributed by atoms with Crippen LogP contribution in [0.3, 0.4) is 0 Å². The maximum absolute atomic E-state index is 10.8. The normalized spacial score (nSPS) is 12.6. The summed E-state index contributed by atoms with van der Waals surface area (Å²) in [6.45, 7) is 3.81. The molecular weight excluding hydrogens is 250 g/mol. The molecule has 1 aromatic carbocycles. The molecule has 1 aromatic heterocycles. The van der Waals surface area contributed by atoms with Gasteiger partial charge in [0.15, 0.2) is 0 Å². The zero-order valence-corrected chi connectivity index (χ0v) is 11.0. The standard InChI is InChI=1S/C14H14ClNO2/c1-8(5-14(17)18)11-6-9(2)16-13-4-3-10(15)7-12(11)13/h3-4,6-8H,5H2,1-2H3,(H,17,18). The molecule has 0 saturated heterocycles. The van der Waals surface area contributed by atoms with Crippen LogP contribution in [-0.4, -0.2) is 16.1 Å². The van der Waals surface area contributed by atoms with Crippen molar-refractivity contribution in [1.82, 2.24) is 4.98 Å². The van der Waals surface area contributed by atoms with Gasteiger partial charge in [-0.3, -0.25) is 9.78 Å². The lowest BCUT2D eigenvalue weighted by Crippen LogP contribution is -2.04. The summed E-state index contributed by atoms with van der Waals surface area (Å²) >= 11 is 6.00. The fourth-order valence-corrected chi connectivity index (χ4v) is 2.31. The third kappa shape index (κ3) is 2.62. The van der Waals surface area contributed by atoms with E-state index in [1.54, 1.807) is 6.07 Å². The van der Waals surface area contributed by atoms with E-state index in [4.69, 9.17) is 16.7 Å². The van der Waals surface area contributed by atoms with E-state index in [2.05, 4.69) is 4.98 Å². The predicted octanol–water partition coefficient (Wildman–Crippen LogP) is 3.77. The lowest BCUT2D eigenvalue weighted by Gasteiger charge is -2.13. The van der Waals surface area contributed by atoms with Crippen molar-refractivity contribution in [1.29, 1.82) is 0 Å². The molecule has 1 heterocycles. The number of halogens is 1. The van der Waals surface area contributed by atoms with E-state index in [9.17, 15) is 4.79 Å². The third-order valence-electron chi connectivity index (χ3n) is 2.94. The Morgan fingerprint density at radius 1 is 1.44 bits per heavy atom. The van der Waals surface area contributed by atoms with Crippen LogP contribution in [0.15, 0.2) is 24.3 Å². The Balaban J connectivity index is 2.60. The molecule has 18 heavy (non-hydrogen) atoms. The summed E-state index contributed by atoms with van der Waals surface area (Å²) in [5.74, 6) is -0.864. The molecule has 0 radical (unpaired) electrons. The van der Waals surface area contributed by atoms with Gasteiger partial charge in [-0.1, -0.05) is 18.5 Å². The molecule has 0 fully saturated rings. The van der Waals surface area contributed by atoms with Crippen molar-refractivity contribution in [2.75, 3.05) is 0 Å². The van der Waals surface area contributed by atoms with Gasteiger partial charge in [-0.05, 0) is 42.7 Å². The topological polar surface area (TPSA) is 50.2 Å². The van der Waals surface area contributed by atoms with Crippen LogP contribution < -0.4 is 0 Å². The zero-order valence-electron chi connectivity index (χ0n) is 10.3. The Morgan fingerprint density at radius 2 is 2.17 bits per heavy atom. The first kappa shape index (κ1) is 12.8. The molecule has 3 nitrogen and oxygen atoms in total. The first-order valence-corrected chi connectivity index (χ1v) is 6.14. The number of hydrogen-bond acceptors (Lipinski definition) is 2. The van der Waals surface area contributed by atoms with Crippen molar-refractivity contribution in [2.45, 2.75) is 26.2 Å². The summed E-state index contributed by atoms with van der Waals surface area (Å²) in [7, 11) is 0. The number of benzene rings is 1. The van der Waals surface area contributed by atoms with E-state index < -0.39 is 5.97 Å². The molecule has 4 heteroatoms. The van der Waals surface area contributed by atoms with Gasteiger partial charge in [-0.2, -0.15) is 0 Å². The molecular formula is C14H14ClNO2. The highest BCUT2D eigenvalue weighted by molar-refractivity contribution is 6.31. The van der Waals surface area contributed by atoms with E-state index in [0.29, 0.717) is 5.02 Å². The van der Waals surface area contributed by atoms with E-state index in [1.165, 1.54) is 0 Å². The number of hydrogen-bond donors (Lipinski definition) is 1. The van der Waals surface area contributed by atoms with Gasteiger partial charge >= 0.3 is 5.97 Å². The monoisotopic (exact) mass is 263 g/mol. The van der Waals surface area contributed by atoms with Gasteiger partial charge < -0.3 is 5.11 Å². The zero-order chi connectivity index (χ0) is 13.3. The first-order chi connectivity index (χ1) is 8.47. The highest BCUT2D eigenvalue weighted by atomic mass is 35.5. The molecule has 0 amide bonds. The minimum atomic E-state index is -0.799. The number of carbonyl (C=O) groups is 1. The number of aryl methyl sites for hydroxylation is 1. The number of rotatable bonds is 3. The second-order valence-corrected chi connectivity index (χ2v) is 4.95. The van der Waals surface area contributed by atoms with E-state index >= 15 is 0 Å². The van der Waals surface area contributed by atoms with Crippen LogP contribution in [0.2, 0.25) is 5.02 Å². The number of carboxylic acids is 1. The highest BCUT2D eigenvalue weighted by Crippen LogP contribution is 2.29. The summed E-state index contributed by atoms with van der Waals surface area (Å²) in [6.07, 6.45) is 0.102. The summed E-state index contributed by atoms with van der Waals surface area (Å²) in [5, 5.41) is 10.5. The molecule has 0 spiro atoms. The Bertz CT molecular complexity index is 610. The number of carboxylic acid groups (broad SMARTS) is 1. The van der Waals surface area contributed by atoms with Crippen LogP contribution >= 0.6 is 11.6 Å². The smallest absolute Gasteiger partial charge is 0.303 e. The van der Waals surface area contributed by atoms with Crippen molar-refractivity contribution in [3.05, 3.63) is 40.5 Å². The van der Waals surface area contributed by atoms with E-state index in [-0.39, 0.29) is 12.3 Å². The Kier molecular flexibility index (Phi) is 3.53. The maximum Gasteiger partial charge on any atom is 0.303 e. The second kappa shape index (κ2) is 4.94. The van der Waals surface area contributed by atoms with Gasteiger partial charge in [0.1, 0.15) is 0 Å². The molecule has 1 N–H and O–H groups in total. The minimum Gasteiger partial charge on any atom is -0.481 e. The molecule has 0 aliphatic rings. The van der Waals surface area contributed by atoms with Crippen molar-refractivity contribution in [2.24, 2.45) is 0 Å². The molecule has 0 bridgehead atoms. The molecule has 0 saturated carbocycles. The van der Waals surface area contributed by atoms with Crippen LogP contribution in [0.25, 0.3) is 10.9 Å². The lowest BCUT2D eigenvalue weighted by atomic mass is 9.94. The molecule has 1 unspecified atom stereocenters. The third-order valence-corrected chi connectivity index (χ3v) is 3.18. The summed E-state index contributed by atoms with van der Waals surface area (Å²) < 4.78 is 0. The average Bonchev–Trinajstić information content (AvgIpc) is 2.27. The number of fused-ring (bicyclic) bond motifs is 1. The lowest BCUT2D eigenvalue weighted by molar-refractivity contribution is -0.137. The number of aliphatic carboxylic acids is 1. The summed E-state index contributed by atoms with van der Waals surface area (Å²) in [6, 6.07) is 7.44. The van der Waals surface area contributed by atoms with Gasteiger partial charge in [-0.25, -0.2) is 0 Å². The maximum atomic E-state index is 10.8. The van der Waals surface area contributed by atoms with E-state index in [0.717, 1.165) is 22.2 Å². The minimum absolute atomic E-state index is 0.0647. The molecule has 0 aliphatic heterocycles.